The first-order chi connectivity index (χ1) is 13.5. The van der Waals surface area contributed by atoms with E-state index in [0.29, 0.717) is 18.3 Å². The molecule has 0 aliphatic rings. The van der Waals surface area contributed by atoms with E-state index >= 15 is 0 Å². The zero-order valence-corrected chi connectivity index (χ0v) is 17.8. The summed E-state index contributed by atoms with van der Waals surface area (Å²) in [5, 5.41) is 3.92. The molecule has 7 nitrogen and oxygen atoms in total. The van der Waals surface area contributed by atoms with E-state index in [0.717, 1.165) is 21.1 Å². The summed E-state index contributed by atoms with van der Waals surface area (Å²) in [7, 11) is 3.63. The number of amidine groups is 1. The van der Waals surface area contributed by atoms with Crippen LogP contribution in [0.15, 0.2) is 50.2 Å². The Morgan fingerprint density at radius 2 is 2.04 bits per heavy atom. The van der Waals surface area contributed by atoms with Gasteiger partial charge in [-0.3, -0.25) is 9.56 Å². The van der Waals surface area contributed by atoms with Crippen LogP contribution in [0.3, 0.4) is 0 Å². The second-order valence-corrected chi connectivity index (χ2v) is 7.36. The maximum absolute atomic E-state index is 5.54. The van der Waals surface area contributed by atoms with E-state index in [1.54, 1.807) is 18.8 Å². The van der Waals surface area contributed by atoms with Gasteiger partial charge >= 0.3 is 0 Å². The summed E-state index contributed by atoms with van der Waals surface area (Å²) < 4.78 is 1.81. The number of hydrazine groups is 1. The first kappa shape index (κ1) is 21.5. The molecular weight excluding hydrogens is 370 g/mol. The van der Waals surface area contributed by atoms with Gasteiger partial charge in [0.05, 0.1) is 6.54 Å². The molecule has 0 unspecified atom stereocenters. The quantitative estimate of drug-likeness (QED) is 0.220. The van der Waals surface area contributed by atoms with Gasteiger partial charge < -0.3 is 10.7 Å². The van der Waals surface area contributed by atoms with Gasteiger partial charge in [-0.2, -0.15) is 4.99 Å². The molecule has 28 heavy (non-hydrogen) atoms. The molecule has 1 aromatic heterocycles. The third-order valence-electron chi connectivity index (χ3n) is 3.63. The first-order valence-electron chi connectivity index (χ1n) is 8.97. The molecule has 2 rings (SSSR count). The van der Waals surface area contributed by atoms with Crippen molar-refractivity contribution in [1.29, 1.82) is 0 Å². The molecule has 8 heteroatoms. The fraction of sp³-hybridized carbons (Fsp3) is 0.350. The van der Waals surface area contributed by atoms with E-state index in [1.165, 1.54) is 0 Å². The molecule has 0 saturated heterocycles. The molecule has 0 bridgehead atoms. The largest absolute Gasteiger partial charge is 0.388 e. The maximum Gasteiger partial charge on any atom is 0.234 e. The molecule has 0 fully saturated rings. The van der Waals surface area contributed by atoms with Gasteiger partial charge in [0.2, 0.25) is 5.95 Å². The molecule has 1 heterocycles. The number of aliphatic imine (C=N–C) groups is 1. The number of hydrogen-bond acceptors (Lipinski definition) is 6. The first-order valence-corrected chi connectivity index (χ1v) is 9.79. The average molecular weight is 398 g/mol. The van der Waals surface area contributed by atoms with Crippen LogP contribution in [0.4, 0.5) is 11.6 Å². The van der Waals surface area contributed by atoms with Crippen LogP contribution in [0.5, 0.6) is 0 Å². The van der Waals surface area contributed by atoms with Gasteiger partial charge in [0, 0.05) is 36.8 Å². The van der Waals surface area contributed by atoms with Crippen molar-refractivity contribution in [3.63, 3.8) is 0 Å². The molecule has 0 atom stereocenters. The second-order valence-electron chi connectivity index (χ2n) is 6.26. The van der Waals surface area contributed by atoms with Gasteiger partial charge in [-0.05, 0) is 45.0 Å². The van der Waals surface area contributed by atoms with Gasteiger partial charge in [0.1, 0.15) is 16.3 Å². The van der Waals surface area contributed by atoms with E-state index in [9.17, 15) is 0 Å². The van der Waals surface area contributed by atoms with Crippen molar-refractivity contribution in [3.8, 4) is 12.3 Å². The van der Waals surface area contributed by atoms with Crippen LogP contribution in [-0.2, 0) is 6.54 Å². The minimum absolute atomic E-state index is 0.277. The molecular formula is C20H27N7S. The number of aromatic nitrogens is 2. The van der Waals surface area contributed by atoms with Gasteiger partial charge in [-0.15, -0.1) is 6.42 Å². The molecule has 0 aliphatic carbocycles. The highest BCUT2D eigenvalue weighted by molar-refractivity contribution is 7.99. The van der Waals surface area contributed by atoms with Gasteiger partial charge in [-0.25, -0.2) is 10.4 Å². The Morgan fingerprint density at radius 3 is 2.61 bits per heavy atom. The van der Waals surface area contributed by atoms with Crippen LogP contribution in [0.2, 0.25) is 0 Å². The fourth-order valence-corrected chi connectivity index (χ4v) is 3.09. The van der Waals surface area contributed by atoms with Crippen LogP contribution < -0.4 is 21.7 Å². The van der Waals surface area contributed by atoms with Crippen molar-refractivity contribution in [1.82, 2.24) is 20.4 Å². The molecule has 148 valence electrons. The molecule has 3 N–H and O–H groups in total. The van der Waals surface area contributed by atoms with Crippen molar-refractivity contribution in [2.75, 3.05) is 19.4 Å². The SMILES string of the molecule is C#CCn1c(/N=C(\C)NNC(C)C)nc(Sc2ccc(NC)cc2)cc1=NC. The van der Waals surface area contributed by atoms with Crippen LogP contribution in [0, 0.1) is 12.3 Å². The predicted octanol–water partition coefficient (Wildman–Crippen LogP) is 2.79. The zero-order chi connectivity index (χ0) is 20.5. The van der Waals surface area contributed by atoms with E-state index < -0.39 is 0 Å². The monoisotopic (exact) mass is 397 g/mol. The molecule has 0 radical (unpaired) electrons. The highest BCUT2D eigenvalue weighted by Crippen LogP contribution is 2.27. The van der Waals surface area contributed by atoms with Crippen LogP contribution in [0.1, 0.15) is 20.8 Å². The fourth-order valence-electron chi connectivity index (χ4n) is 2.29. The third-order valence-corrected chi connectivity index (χ3v) is 4.56. The van der Waals surface area contributed by atoms with Crippen molar-refractivity contribution in [2.45, 2.75) is 43.3 Å². The third kappa shape index (κ3) is 6.15. The Bertz CT molecular complexity index is 921. The average Bonchev–Trinajstić information content (AvgIpc) is 2.68. The number of nitrogens with zero attached hydrogens (tertiary/aromatic N) is 4. The summed E-state index contributed by atoms with van der Waals surface area (Å²) in [5.74, 6) is 3.84. The van der Waals surface area contributed by atoms with Gasteiger partial charge in [0.15, 0.2) is 0 Å². The minimum atomic E-state index is 0.277. The molecule has 0 saturated carbocycles. The Balaban J connectivity index is 2.42. The van der Waals surface area contributed by atoms with Crippen LogP contribution in [0.25, 0.3) is 0 Å². The highest BCUT2D eigenvalue weighted by Gasteiger charge is 2.09. The van der Waals surface area contributed by atoms with E-state index in [1.807, 2.05) is 62.7 Å². The van der Waals surface area contributed by atoms with Crippen molar-refractivity contribution in [3.05, 3.63) is 35.8 Å². The Morgan fingerprint density at radius 1 is 1.32 bits per heavy atom. The van der Waals surface area contributed by atoms with E-state index in [2.05, 4.69) is 32.1 Å². The smallest absolute Gasteiger partial charge is 0.234 e. The molecule has 1 aromatic carbocycles. The lowest BCUT2D eigenvalue weighted by molar-refractivity contribution is 0.556. The summed E-state index contributed by atoms with van der Waals surface area (Å²) in [6.45, 7) is 6.30. The number of rotatable bonds is 7. The Labute approximate surface area is 170 Å². The normalized spacial score (nSPS) is 12.2. The topological polar surface area (TPSA) is 78.6 Å². The Hall–Kier alpha value is -2.76. The number of benzene rings is 1. The lowest BCUT2D eigenvalue weighted by Crippen LogP contribution is -2.40. The van der Waals surface area contributed by atoms with Gasteiger partial charge in [0.25, 0.3) is 0 Å². The lowest BCUT2D eigenvalue weighted by Gasteiger charge is -2.13. The second kappa shape index (κ2) is 10.5. The van der Waals surface area contributed by atoms with Crippen LogP contribution >= 0.6 is 11.8 Å². The van der Waals surface area contributed by atoms with Gasteiger partial charge in [-0.1, -0.05) is 17.7 Å². The number of hydrogen-bond donors (Lipinski definition) is 3. The molecule has 0 spiro atoms. The van der Waals surface area contributed by atoms with Crippen molar-refractivity contribution in [2.24, 2.45) is 9.98 Å². The maximum atomic E-state index is 5.54. The summed E-state index contributed by atoms with van der Waals surface area (Å²) in [5.41, 5.74) is 7.98. The van der Waals surface area contributed by atoms with Crippen LogP contribution in [-0.4, -0.2) is 35.5 Å². The number of anilines is 1. The lowest BCUT2D eigenvalue weighted by atomic mass is 10.3. The summed E-state index contributed by atoms with van der Waals surface area (Å²) >= 11 is 1.55. The summed E-state index contributed by atoms with van der Waals surface area (Å²) in [4.78, 5) is 14.7. The molecule has 0 amide bonds. The zero-order valence-electron chi connectivity index (χ0n) is 16.9. The summed E-state index contributed by atoms with van der Waals surface area (Å²) in [6.07, 6.45) is 5.54. The standard InChI is InChI=1S/C20H27N7S/c1-7-12-27-18(22-6)13-19(28-17-10-8-16(21-5)9-11-17)24-20(27)23-15(4)26-25-14(2)3/h1,8-11,13-14,21,25H,12H2,2-6H3,(H,23,24,26). The summed E-state index contributed by atoms with van der Waals surface area (Å²) in [6, 6.07) is 10.3. The predicted molar refractivity (Wildman–Crippen MR) is 117 cm³/mol. The molecule has 0 aliphatic heterocycles. The highest BCUT2D eigenvalue weighted by atomic mass is 32.2. The van der Waals surface area contributed by atoms with Crippen molar-refractivity contribution >= 4 is 29.2 Å². The number of terminal acetylenes is 1. The minimum Gasteiger partial charge on any atom is -0.388 e. The number of nitrogens with one attached hydrogen (secondary N) is 3. The van der Waals surface area contributed by atoms with E-state index in [4.69, 9.17) is 11.4 Å². The van der Waals surface area contributed by atoms with E-state index in [-0.39, 0.29) is 6.04 Å². The van der Waals surface area contributed by atoms with Crippen molar-refractivity contribution < 1.29 is 0 Å². The Kier molecular flexibility index (Phi) is 8.11. The molecule has 2 aromatic rings.